The third-order valence-corrected chi connectivity index (χ3v) is 5.98. The predicted octanol–water partition coefficient (Wildman–Crippen LogP) is 2.16. The van der Waals surface area contributed by atoms with Gasteiger partial charge in [0.1, 0.15) is 18.0 Å². The minimum atomic E-state index is -4.25. The molecule has 0 spiro atoms. The molecule has 0 unspecified atom stereocenters. The van der Waals surface area contributed by atoms with Crippen LogP contribution in [-0.4, -0.2) is 38.4 Å². The van der Waals surface area contributed by atoms with E-state index in [9.17, 15) is 27.5 Å². The molecular formula is C20H22FN3O5S. The van der Waals surface area contributed by atoms with Gasteiger partial charge in [-0.25, -0.2) is 13.4 Å². The van der Waals surface area contributed by atoms with Gasteiger partial charge in [-0.05, 0) is 47.7 Å². The van der Waals surface area contributed by atoms with Gasteiger partial charge in [-0.1, -0.05) is 26.0 Å². The summed E-state index contributed by atoms with van der Waals surface area (Å²) in [6.07, 6.45) is 0.864. The summed E-state index contributed by atoms with van der Waals surface area (Å²) < 4.78 is 40.7. The lowest BCUT2D eigenvalue weighted by atomic mass is 10.0. The zero-order valence-corrected chi connectivity index (χ0v) is 17.3. The van der Waals surface area contributed by atoms with Crippen molar-refractivity contribution in [3.05, 3.63) is 47.8 Å². The maximum Gasteiger partial charge on any atom is 0.326 e. The Morgan fingerprint density at radius 1 is 1.23 bits per heavy atom. The molecule has 0 bridgehead atoms. The molecule has 160 valence electrons. The standard InChI is InChI=1S/C20H22FN3O5S/c1-12(2)7-8-22-20(27)14-5-3-13(4-6-14)15-9-16(21)19(17(25)10-15)24-11-18(26)23-30(24,28)29/h3-6,9-10,12,25H,7-8,11H2,1-2H3,(H,22,27)(H,23,26). The molecule has 8 nitrogen and oxygen atoms in total. The minimum absolute atomic E-state index is 0.219. The highest BCUT2D eigenvalue weighted by Crippen LogP contribution is 2.37. The summed E-state index contributed by atoms with van der Waals surface area (Å²) in [5, 5.41) is 13.1. The topological polar surface area (TPSA) is 116 Å². The van der Waals surface area contributed by atoms with Crippen molar-refractivity contribution in [2.24, 2.45) is 5.92 Å². The average molecular weight is 435 g/mol. The Morgan fingerprint density at radius 3 is 2.43 bits per heavy atom. The Balaban J connectivity index is 1.82. The van der Waals surface area contributed by atoms with Crippen LogP contribution in [0.25, 0.3) is 11.1 Å². The van der Waals surface area contributed by atoms with Crippen molar-refractivity contribution in [3.8, 4) is 16.9 Å². The number of nitrogens with one attached hydrogen (secondary N) is 2. The molecule has 0 saturated carbocycles. The van der Waals surface area contributed by atoms with E-state index in [0.717, 1.165) is 12.5 Å². The number of carbonyl (C=O) groups excluding carboxylic acids is 2. The summed E-state index contributed by atoms with van der Waals surface area (Å²) >= 11 is 0. The summed E-state index contributed by atoms with van der Waals surface area (Å²) in [4.78, 5) is 23.5. The second kappa shape index (κ2) is 8.31. The Kier molecular flexibility index (Phi) is 5.97. The number of carbonyl (C=O) groups is 2. The van der Waals surface area contributed by atoms with Crippen molar-refractivity contribution >= 4 is 27.7 Å². The molecule has 30 heavy (non-hydrogen) atoms. The number of phenols is 1. The lowest BCUT2D eigenvalue weighted by Crippen LogP contribution is -2.30. The van der Waals surface area contributed by atoms with Crippen molar-refractivity contribution in [3.63, 3.8) is 0 Å². The van der Waals surface area contributed by atoms with Crippen LogP contribution in [0.4, 0.5) is 10.1 Å². The molecule has 10 heteroatoms. The van der Waals surface area contributed by atoms with E-state index in [4.69, 9.17) is 0 Å². The molecule has 3 N–H and O–H groups in total. The highest BCUT2D eigenvalue weighted by molar-refractivity contribution is 7.92. The van der Waals surface area contributed by atoms with E-state index in [1.54, 1.807) is 29.0 Å². The maximum absolute atomic E-state index is 14.7. The zero-order chi connectivity index (χ0) is 22.1. The highest BCUT2D eigenvalue weighted by atomic mass is 32.2. The van der Waals surface area contributed by atoms with Crippen LogP contribution in [0.5, 0.6) is 5.75 Å². The van der Waals surface area contributed by atoms with Crippen molar-refractivity contribution in [2.75, 3.05) is 17.4 Å². The number of phenolic OH excluding ortho intramolecular Hbond substituents is 1. The Hall–Kier alpha value is -3.14. The summed E-state index contributed by atoms with van der Waals surface area (Å²) in [5.41, 5.74) is 0.652. The normalized spacial score (nSPS) is 15.3. The molecule has 1 saturated heterocycles. The Labute approximate surface area is 173 Å². The van der Waals surface area contributed by atoms with Gasteiger partial charge < -0.3 is 10.4 Å². The van der Waals surface area contributed by atoms with Gasteiger partial charge in [0.25, 0.3) is 11.8 Å². The molecule has 0 aromatic heterocycles. The molecule has 2 amide bonds. The second-order valence-electron chi connectivity index (χ2n) is 7.38. The SMILES string of the molecule is CC(C)CCNC(=O)c1ccc(-c2cc(O)c(N3CC(=O)NS3(=O)=O)c(F)c2)cc1. The van der Waals surface area contributed by atoms with Gasteiger partial charge in [0.2, 0.25) is 0 Å². The number of hydrogen-bond acceptors (Lipinski definition) is 5. The number of anilines is 1. The number of benzene rings is 2. The molecule has 2 aromatic carbocycles. The van der Waals surface area contributed by atoms with Crippen LogP contribution >= 0.6 is 0 Å². The first-order valence-electron chi connectivity index (χ1n) is 9.33. The lowest BCUT2D eigenvalue weighted by Gasteiger charge is -2.18. The number of amides is 2. The van der Waals surface area contributed by atoms with Crippen LogP contribution in [0, 0.1) is 11.7 Å². The number of nitrogens with zero attached hydrogens (tertiary/aromatic N) is 1. The average Bonchev–Trinajstić information content (AvgIpc) is 2.92. The molecule has 0 aliphatic carbocycles. The van der Waals surface area contributed by atoms with Gasteiger partial charge in [-0.3, -0.25) is 9.59 Å². The number of rotatable bonds is 6. The van der Waals surface area contributed by atoms with E-state index >= 15 is 0 Å². The lowest BCUT2D eigenvalue weighted by molar-refractivity contribution is -0.117. The van der Waals surface area contributed by atoms with Crippen LogP contribution < -0.4 is 14.3 Å². The van der Waals surface area contributed by atoms with Gasteiger partial charge in [-0.2, -0.15) is 8.42 Å². The summed E-state index contributed by atoms with van der Waals surface area (Å²) in [6, 6.07) is 8.62. The molecule has 2 aromatic rings. The fourth-order valence-corrected chi connectivity index (χ4v) is 4.21. The fraction of sp³-hybridized carbons (Fsp3) is 0.300. The molecule has 1 heterocycles. The third-order valence-electron chi connectivity index (χ3n) is 4.60. The first-order chi connectivity index (χ1) is 14.1. The third kappa shape index (κ3) is 4.54. The van der Waals surface area contributed by atoms with Crippen LogP contribution in [0.1, 0.15) is 30.6 Å². The van der Waals surface area contributed by atoms with E-state index in [0.29, 0.717) is 27.9 Å². The summed E-state index contributed by atoms with van der Waals surface area (Å²) in [7, 11) is -4.25. The first kappa shape index (κ1) is 21.6. The van der Waals surface area contributed by atoms with Gasteiger partial charge in [0.05, 0.1) is 0 Å². The van der Waals surface area contributed by atoms with Crippen LogP contribution in [0.15, 0.2) is 36.4 Å². The van der Waals surface area contributed by atoms with Gasteiger partial charge in [0, 0.05) is 12.1 Å². The Morgan fingerprint density at radius 2 is 1.90 bits per heavy atom. The quantitative estimate of drug-likeness (QED) is 0.643. The summed E-state index contributed by atoms with van der Waals surface area (Å²) in [5.74, 6) is -2.19. The van der Waals surface area contributed by atoms with E-state index in [2.05, 4.69) is 19.2 Å². The van der Waals surface area contributed by atoms with Gasteiger partial charge >= 0.3 is 10.2 Å². The van der Waals surface area contributed by atoms with Crippen molar-refractivity contribution in [1.82, 2.24) is 10.0 Å². The largest absolute Gasteiger partial charge is 0.506 e. The van der Waals surface area contributed by atoms with Crippen LogP contribution in [-0.2, 0) is 15.0 Å². The summed E-state index contributed by atoms with van der Waals surface area (Å²) in [6.45, 7) is 4.07. The predicted molar refractivity (Wildman–Crippen MR) is 110 cm³/mol. The zero-order valence-electron chi connectivity index (χ0n) is 16.5. The van der Waals surface area contributed by atoms with Crippen molar-refractivity contribution in [1.29, 1.82) is 0 Å². The first-order valence-corrected chi connectivity index (χ1v) is 10.8. The molecule has 1 aliphatic rings. The molecule has 0 atom stereocenters. The van der Waals surface area contributed by atoms with E-state index < -0.39 is 39.9 Å². The molecule has 1 aliphatic heterocycles. The smallest absolute Gasteiger partial charge is 0.326 e. The van der Waals surface area contributed by atoms with E-state index in [1.165, 1.54) is 6.07 Å². The number of aromatic hydroxyl groups is 1. The van der Waals surface area contributed by atoms with Crippen molar-refractivity contribution in [2.45, 2.75) is 20.3 Å². The van der Waals surface area contributed by atoms with E-state index in [-0.39, 0.29) is 11.5 Å². The van der Waals surface area contributed by atoms with Crippen molar-refractivity contribution < 1.29 is 27.5 Å². The van der Waals surface area contributed by atoms with Crippen LogP contribution in [0.2, 0.25) is 0 Å². The molecule has 3 rings (SSSR count). The molecular weight excluding hydrogens is 413 g/mol. The number of hydrogen-bond donors (Lipinski definition) is 3. The van der Waals surface area contributed by atoms with E-state index in [1.807, 2.05) is 0 Å². The minimum Gasteiger partial charge on any atom is -0.506 e. The van der Waals surface area contributed by atoms with Gasteiger partial charge in [-0.15, -0.1) is 0 Å². The molecule has 0 radical (unpaired) electrons. The van der Waals surface area contributed by atoms with Gasteiger partial charge in [0.15, 0.2) is 5.82 Å². The second-order valence-corrected chi connectivity index (χ2v) is 8.97. The monoisotopic (exact) mass is 435 g/mol. The highest BCUT2D eigenvalue weighted by Gasteiger charge is 2.37. The Bertz CT molecular complexity index is 1060. The fourth-order valence-electron chi connectivity index (χ4n) is 3.03. The number of halogens is 1. The van der Waals surface area contributed by atoms with Crippen LogP contribution in [0.3, 0.4) is 0 Å². The molecule has 1 fully saturated rings. The maximum atomic E-state index is 14.7.